The number of urea groups is 1. The van der Waals surface area contributed by atoms with E-state index in [9.17, 15) is 23.1 Å². The van der Waals surface area contributed by atoms with Crippen LogP contribution in [0.2, 0.25) is 0 Å². The van der Waals surface area contributed by atoms with Gasteiger partial charge in [-0.15, -0.1) is 0 Å². The lowest BCUT2D eigenvalue weighted by molar-refractivity contribution is -0.136. The van der Waals surface area contributed by atoms with Gasteiger partial charge < -0.3 is 15.7 Å². The minimum absolute atomic E-state index is 0.00230. The number of alkyl halides is 3. The Labute approximate surface area is 120 Å². The summed E-state index contributed by atoms with van der Waals surface area (Å²) in [5.74, 6) is 0.139. The number of hydrogen-bond donors (Lipinski definition) is 3. The lowest BCUT2D eigenvalue weighted by atomic mass is 10.0. The summed E-state index contributed by atoms with van der Waals surface area (Å²) in [5.41, 5.74) is -2.25. The highest BCUT2D eigenvalue weighted by atomic mass is 19.4. The summed E-state index contributed by atoms with van der Waals surface area (Å²) in [6.07, 6.45) is -2.75. The number of halogens is 3. The maximum Gasteiger partial charge on any atom is 0.418 e. The van der Waals surface area contributed by atoms with Crippen molar-refractivity contribution < 1.29 is 23.1 Å². The first-order valence-corrected chi connectivity index (χ1v) is 6.63. The van der Waals surface area contributed by atoms with Crippen molar-refractivity contribution in [2.75, 3.05) is 11.9 Å². The Morgan fingerprint density at radius 3 is 2.52 bits per heavy atom. The molecule has 1 aromatic rings. The van der Waals surface area contributed by atoms with Gasteiger partial charge in [0.15, 0.2) is 0 Å². The summed E-state index contributed by atoms with van der Waals surface area (Å²) >= 11 is 0. The molecule has 1 aromatic carbocycles. The number of hydrogen-bond acceptors (Lipinski definition) is 2. The number of carbonyl (C=O) groups is 1. The Balaban J connectivity index is 1.97. The summed E-state index contributed by atoms with van der Waals surface area (Å²) in [4.78, 5) is 11.7. The molecule has 2 amide bonds. The second-order valence-electron chi connectivity index (χ2n) is 5.48. The molecule has 3 N–H and O–H groups in total. The zero-order chi connectivity index (χ0) is 15.7. The van der Waals surface area contributed by atoms with Gasteiger partial charge in [-0.3, -0.25) is 0 Å². The third kappa shape index (κ3) is 4.10. The lowest BCUT2D eigenvalue weighted by Gasteiger charge is -2.23. The van der Waals surface area contributed by atoms with Crippen molar-refractivity contribution in [1.82, 2.24) is 5.32 Å². The lowest BCUT2D eigenvalue weighted by Crippen LogP contribution is -2.43. The molecule has 0 unspecified atom stereocenters. The van der Waals surface area contributed by atoms with E-state index in [1.165, 1.54) is 18.2 Å². The van der Waals surface area contributed by atoms with E-state index in [1.54, 1.807) is 6.92 Å². The highest BCUT2D eigenvalue weighted by molar-refractivity contribution is 5.90. The summed E-state index contributed by atoms with van der Waals surface area (Å²) < 4.78 is 38.3. The van der Waals surface area contributed by atoms with E-state index in [-0.39, 0.29) is 18.2 Å². The standard InChI is InChI=1S/C14H17F3N2O2/c1-13(21,9-6-7-9)8-18-12(20)19-11-5-3-2-4-10(11)14(15,16)17/h2-5,9,21H,6-8H2,1H3,(H2,18,19,20)/t13-/m1/s1. The van der Waals surface area contributed by atoms with Crippen molar-refractivity contribution >= 4 is 11.7 Å². The number of anilines is 1. The zero-order valence-corrected chi connectivity index (χ0v) is 11.5. The Bertz CT molecular complexity index is 525. The molecule has 1 fully saturated rings. The van der Waals surface area contributed by atoms with Gasteiger partial charge in [0.2, 0.25) is 0 Å². The molecule has 2 rings (SSSR count). The molecular formula is C14H17F3N2O2. The molecule has 0 aromatic heterocycles. The second-order valence-corrected chi connectivity index (χ2v) is 5.48. The Hall–Kier alpha value is -1.76. The van der Waals surface area contributed by atoms with Crippen LogP contribution >= 0.6 is 0 Å². The van der Waals surface area contributed by atoms with Gasteiger partial charge in [0, 0.05) is 6.54 Å². The minimum Gasteiger partial charge on any atom is -0.388 e. The molecule has 116 valence electrons. The third-order valence-corrected chi connectivity index (χ3v) is 3.54. The van der Waals surface area contributed by atoms with Crippen molar-refractivity contribution in [2.45, 2.75) is 31.5 Å². The molecule has 1 atom stereocenters. The number of benzene rings is 1. The van der Waals surface area contributed by atoms with Gasteiger partial charge in [0.05, 0.1) is 16.9 Å². The molecule has 0 heterocycles. The quantitative estimate of drug-likeness (QED) is 0.800. The third-order valence-electron chi connectivity index (χ3n) is 3.54. The molecule has 1 saturated carbocycles. The van der Waals surface area contributed by atoms with Crippen LogP contribution in [0.15, 0.2) is 24.3 Å². The van der Waals surface area contributed by atoms with Crippen molar-refractivity contribution in [1.29, 1.82) is 0 Å². The SMILES string of the molecule is C[C@@](O)(CNC(=O)Nc1ccccc1C(F)(F)F)C1CC1. The van der Waals surface area contributed by atoms with Crippen LogP contribution in [0.5, 0.6) is 0 Å². The molecule has 4 nitrogen and oxygen atoms in total. The summed E-state index contributed by atoms with van der Waals surface area (Å²) in [5, 5.41) is 14.6. The average Bonchev–Trinajstić information content (AvgIpc) is 3.20. The summed E-state index contributed by atoms with van der Waals surface area (Å²) in [7, 11) is 0. The summed E-state index contributed by atoms with van der Waals surface area (Å²) in [6.45, 7) is 1.60. The second kappa shape index (κ2) is 5.55. The monoisotopic (exact) mass is 302 g/mol. The van der Waals surface area contributed by atoms with Crippen LogP contribution in [0.25, 0.3) is 0 Å². The number of nitrogens with one attached hydrogen (secondary N) is 2. The molecule has 1 aliphatic rings. The number of rotatable bonds is 4. The normalized spacial score (nSPS) is 18.0. The Kier molecular flexibility index (Phi) is 4.13. The van der Waals surface area contributed by atoms with Gasteiger partial charge in [0.1, 0.15) is 0 Å². The predicted molar refractivity (Wildman–Crippen MR) is 71.8 cm³/mol. The van der Waals surface area contributed by atoms with E-state index >= 15 is 0 Å². The number of para-hydroxylation sites is 1. The van der Waals surface area contributed by atoms with Crippen LogP contribution in [0, 0.1) is 5.92 Å². The summed E-state index contributed by atoms with van der Waals surface area (Å²) in [6, 6.07) is 3.97. The number of amides is 2. The highest BCUT2D eigenvalue weighted by Gasteiger charge is 2.40. The number of carbonyl (C=O) groups excluding carboxylic acids is 1. The van der Waals surface area contributed by atoms with Crippen LogP contribution in [0.1, 0.15) is 25.3 Å². The zero-order valence-electron chi connectivity index (χ0n) is 11.5. The van der Waals surface area contributed by atoms with Crippen molar-refractivity contribution in [2.24, 2.45) is 5.92 Å². The van der Waals surface area contributed by atoms with Crippen LogP contribution in [-0.4, -0.2) is 23.3 Å². The van der Waals surface area contributed by atoms with Crippen LogP contribution in [-0.2, 0) is 6.18 Å². The fraction of sp³-hybridized carbons (Fsp3) is 0.500. The first kappa shape index (κ1) is 15.6. The molecule has 0 spiro atoms. The van der Waals surface area contributed by atoms with E-state index in [1.807, 2.05) is 0 Å². The fourth-order valence-electron chi connectivity index (χ4n) is 2.11. The fourth-order valence-corrected chi connectivity index (χ4v) is 2.11. The Morgan fingerprint density at radius 1 is 1.33 bits per heavy atom. The molecular weight excluding hydrogens is 285 g/mol. The maximum absolute atomic E-state index is 12.8. The van der Waals surface area contributed by atoms with Crippen molar-refractivity contribution in [3.8, 4) is 0 Å². The van der Waals surface area contributed by atoms with E-state index in [0.717, 1.165) is 18.9 Å². The molecule has 0 aliphatic heterocycles. The van der Waals surface area contributed by atoms with E-state index in [2.05, 4.69) is 10.6 Å². The van der Waals surface area contributed by atoms with E-state index in [0.29, 0.717) is 0 Å². The van der Waals surface area contributed by atoms with E-state index < -0.39 is 23.4 Å². The smallest absolute Gasteiger partial charge is 0.388 e. The minimum atomic E-state index is -4.54. The maximum atomic E-state index is 12.8. The molecule has 21 heavy (non-hydrogen) atoms. The predicted octanol–water partition coefficient (Wildman–Crippen LogP) is 2.99. The first-order valence-electron chi connectivity index (χ1n) is 6.63. The van der Waals surface area contributed by atoms with Crippen LogP contribution < -0.4 is 10.6 Å². The Morgan fingerprint density at radius 2 is 1.95 bits per heavy atom. The van der Waals surface area contributed by atoms with Crippen molar-refractivity contribution in [3.05, 3.63) is 29.8 Å². The van der Waals surface area contributed by atoms with Gasteiger partial charge in [-0.05, 0) is 37.8 Å². The largest absolute Gasteiger partial charge is 0.418 e. The van der Waals surface area contributed by atoms with Crippen LogP contribution in [0.3, 0.4) is 0 Å². The topological polar surface area (TPSA) is 61.4 Å². The van der Waals surface area contributed by atoms with Crippen molar-refractivity contribution in [3.63, 3.8) is 0 Å². The molecule has 0 bridgehead atoms. The van der Waals surface area contributed by atoms with Crippen LogP contribution in [0.4, 0.5) is 23.7 Å². The molecule has 7 heteroatoms. The molecule has 0 radical (unpaired) electrons. The average molecular weight is 302 g/mol. The van der Waals surface area contributed by atoms with Gasteiger partial charge in [-0.1, -0.05) is 12.1 Å². The molecule has 1 aliphatic carbocycles. The van der Waals surface area contributed by atoms with Gasteiger partial charge in [0.25, 0.3) is 0 Å². The van der Waals surface area contributed by atoms with Gasteiger partial charge >= 0.3 is 12.2 Å². The first-order chi connectivity index (χ1) is 9.70. The molecule has 0 saturated heterocycles. The highest BCUT2D eigenvalue weighted by Crippen LogP contribution is 2.39. The van der Waals surface area contributed by atoms with Gasteiger partial charge in [-0.25, -0.2) is 4.79 Å². The van der Waals surface area contributed by atoms with Gasteiger partial charge in [-0.2, -0.15) is 13.2 Å². The van der Waals surface area contributed by atoms with E-state index in [4.69, 9.17) is 0 Å². The number of aliphatic hydroxyl groups is 1.